The van der Waals surface area contributed by atoms with Crippen LogP contribution in [0.2, 0.25) is 0 Å². The number of carbonyl (C=O) groups excluding carboxylic acids is 1. The Labute approximate surface area is 124 Å². The molecule has 1 heterocycles. The normalized spacial score (nSPS) is 17.4. The molecule has 5 heteroatoms. The van der Waals surface area contributed by atoms with E-state index in [1.54, 1.807) is 6.07 Å². The van der Waals surface area contributed by atoms with Gasteiger partial charge in [0.05, 0.1) is 12.2 Å². The molecule has 0 spiro atoms. The van der Waals surface area contributed by atoms with Crippen molar-refractivity contribution >= 4 is 27.5 Å². The van der Waals surface area contributed by atoms with E-state index in [-0.39, 0.29) is 11.7 Å². The molecule has 1 aliphatic heterocycles. The van der Waals surface area contributed by atoms with Crippen molar-refractivity contribution < 1.29 is 9.18 Å². The molecule has 1 atom stereocenters. The van der Waals surface area contributed by atoms with Crippen LogP contribution < -0.4 is 10.6 Å². The van der Waals surface area contributed by atoms with E-state index in [4.69, 9.17) is 5.73 Å². The molecule has 2 aromatic carbocycles. The zero-order valence-corrected chi connectivity index (χ0v) is 12.1. The first-order chi connectivity index (χ1) is 9.56. The van der Waals surface area contributed by atoms with Crippen LogP contribution in [0.15, 0.2) is 46.9 Å². The number of nitrogens with two attached hydrogens (primary N) is 1. The minimum atomic E-state index is -0.707. The molecule has 20 heavy (non-hydrogen) atoms. The Balaban J connectivity index is 1.96. The summed E-state index contributed by atoms with van der Waals surface area (Å²) >= 11 is 3.36. The van der Waals surface area contributed by atoms with Crippen LogP contribution in [0.4, 0.5) is 10.1 Å². The highest BCUT2D eigenvalue weighted by Gasteiger charge is 2.34. The van der Waals surface area contributed by atoms with E-state index in [1.807, 2.05) is 24.3 Å². The lowest BCUT2D eigenvalue weighted by molar-refractivity contribution is -0.119. The van der Waals surface area contributed by atoms with Gasteiger partial charge in [0.1, 0.15) is 11.9 Å². The molecule has 0 saturated carbocycles. The van der Waals surface area contributed by atoms with Crippen LogP contribution in [-0.2, 0) is 11.3 Å². The number of nitrogens with zero attached hydrogens (tertiary/aromatic N) is 1. The molecular weight excluding hydrogens is 323 g/mol. The Bertz CT molecular complexity index is 672. The molecule has 2 aromatic rings. The van der Waals surface area contributed by atoms with E-state index in [0.29, 0.717) is 17.8 Å². The fourth-order valence-electron chi connectivity index (χ4n) is 2.37. The van der Waals surface area contributed by atoms with Gasteiger partial charge in [0.25, 0.3) is 0 Å². The van der Waals surface area contributed by atoms with Gasteiger partial charge in [-0.15, -0.1) is 0 Å². The van der Waals surface area contributed by atoms with Crippen molar-refractivity contribution in [2.45, 2.75) is 12.6 Å². The monoisotopic (exact) mass is 334 g/mol. The number of benzene rings is 2. The van der Waals surface area contributed by atoms with Gasteiger partial charge in [-0.05, 0) is 29.8 Å². The Kier molecular flexibility index (Phi) is 3.31. The third-order valence-corrected chi connectivity index (χ3v) is 3.93. The summed E-state index contributed by atoms with van der Waals surface area (Å²) in [5.41, 5.74) is 8.09. The Morgan fingerprint density at radius 2 is 1.90 bits per heavy atom. The van der Waals surface area contributed by atoms with Crippen LogP contribution in [0.5, 0.6) is 0 Å². The smallest absolute Gasteiger partial charge is 0.248 e. The summed E-state index contributed by atoms with van der Waals surface area (Å²) in [7, 11) is 0. The van der Waals surface area contributed by atoms with Crippen molar-refractivity contribution in [3.05, 3.63) is 63.9 Å². The minimum absolute atomic E-state index is 0.200. The standard InChI is InChI=1S/C15H12BrFN2O/c16-10-3-1-9(2-4-10)8-19-13-7-11(17)5-6-12(13)14(18)15(19)20/h1-7,14H,8,18H2. The Hall–Kier alpha value is -1.72. The summed E-state index contributed by atoms with van der Waals surface area (Å²) < 4.78 is 14.4. The molecule has 0 radical (unpaired) electrons. The summed E-state index contributed by atoms with van der Waals surface area (Å²) in [6, 6.07) is 11.2. The van der Waals surface area contributed by atoms with E-state index < -0.39 is 6.04 Å². The highest BCUT2D eigenvalue weighted by molar-refractivity contribution is 9.10. The molecule has 3 rings (SSSR count). The summed E-state index contributed by atoms with van der Waals surface area (Å²) in [6.07, 6.45) is 0. The largest absolute Gasteiger partial charge is 0.316 e. The first-order valence-electron chi connectivity index (χ1n) is 6.17. The molecular formula is C15H12BrFN2O. The van der Waals surface area contributed by atoms with E-state index >= 15 is 0 Å². The molecule has 1 unspecified atom stereocenters. The summed E-state index contributed by atoms with van der Waals surface area (Å²) in [5.74, 6) is -0.569. The minimum Gasteiger partial charge on any atom is -0.316 e. The van der Waals surface area contributed by atoms with Gasteiger partial charge in [-0.2, -0.15) is 0 Å². The molecule has 1 amide bonds. The zero-order valence-electron chi connectivity index (χ0n) is 10.5. The Morgan fingerprint density at radius 3 is 2.60 bits per heavy atom. The molecule has 0 aliphatic carbocycles. The van der Waals surface area contributed by atoms with Crippen LogP contribution in [-0.4, -0.2) is 5.91 Å². The van der Waals surface area contributed by atoms with Crippen LogP contribution >= 0.6 is 15.9 Å². The highest BCUT2D eigenvalue weighted by Crippen LogP contribution is 2.36. The predicted molar refractivity (Wildman–Crippen MR) is 78.7 cm³/mol. The van der Waals surface area contributed by atoms with Crippen molar-refractivity contribution in [2.24, 2.45) is 5.73 Å². The lowest BCUT2D eigenvalue weighted by Gasteiger charge is -2.17. The van der Waals surface area contributed by atoms with Gasteiger partial charge in [0.15, 0.2) is 0 Å². The van der Waals surface area contributed by atoms with Crippen molar-refractivity contribution in [2.75, 3.05) is 4.90 Å². The Morgan fingerprint density at radius 1 is 1.20 bits per heavy atom. The third-order valence-electron chi connectivity index (χ3n) is 3.40. The maximum atomic E-state index is 13.4. The van der Waals surface area contributed by atoms with Gasteiger partial charge >= 0.3 is 0 Å². The van der Waals surface area contributed by atoms with Crippen molar-refractivity contribution in [3.8, 4) is 0 Å². The molecule has 2 N–H and O–H groups in total. The van der Waals surface area contributed by atoms with Gasteiger partial charge in [-0.1, -0.05) is 34.1 Å². The topological polar surface area (TPSA) is 46.3 Å². The van der Waals surface area contributed by atoms with Crippen molar-refractivity contribution in [3.63, 3.8) is 0 Å². The van der Waals surface area contributed by atoms with Crippen LogP contribution in [0.25, 0.3) is 0 Å². The molecule has 1 aliphatic rings. The predicted octanol–water partition coefficient (Wildman–Crippen LogP) is 3.13. The SMILES string of the molecule is NC1C(=O)N(Cc2ccc(Br)cc2)c2cc(F)ccc21. The van der Waals surface area contributed by atoms with E-state index in [2.05, 4.69) is 15.9 Å². The number of hydrogen-bond donors (Lipinski definition) is 1. The number of carbonyl (C=O) groups is 1. The van der Waals surface area contributed by atoms with Crippen molar-refractivity contribution in [1.29, 1.82) is 0 Å². The van der Waals surface area contributed by atoms with Gasteiger partial charge < -0.3 is 10.6 Å². The van der Waals surface area contributed by atoms with Crippen LogP contribution in [0.1, 0.15) is 17.2 Å². The molecule has 3 nitrogen and oxygen atoms in total. The van der Waals surface area contributed by atoms with Gasteiger partial charge in [0, 0.05) is 10.0 Å². The van der Waals surface area contributed by atoms with Gasteiger partial charge in [0.2, 0.25) is 5.91 Å². The fourth-order valence-corrected chi connectivity index (χ4v) is 2.63. The zero-order chi connectivity index (χ0) is 14.3. The molecule has 0 bridgehead atoms. The van der Waals surface area contributed by atoms with Crippen LogP contribution in [0.3, 0.4) is 0 Å². The second-order valence-electron chi connectivity index (χ2n) is 4.73. The lowest BCUT2D eigenvalue weighted by Crippen LogP contribution is -2.31. The van der Waals surface area contributed by atoms with Crippen molar-refractivity contribution in [1.82, 2.24) is 0 Å². The number of halogens is 2. The summed E-state index contributed by atoms with van der Waals surface area (Å²) in [5, 5.41) is 0. The highest BCUT2D eigenvalue weighted by atomic mass is 79.9. The number of rotatable bonds is 2. The lowest BCUT2D eigenvalue weighted by atomic mass is 10.1. The second-order valence-corrected chi connectivity index (χ2v) is 5.65. The van der Waals surface area contributed by atoms with Gasteiger partial charge in [-0.25, -0.2) is 4.39 Å². The maximum Gasteiger partial charge on any atom is 0.248 e. The van der Waals surface area contributed by atoms with E-state index in [1.165, 1.54) is 17.0 Å². The first kappa shape index (κ1) is 13.3. The maximum absolute atomic E-state index is 13.4. The summed E-state index contributed by atoms with van der Waals surface area (Å²) in [4.78, 5) is 13.7. The molecule has 0 fully saturated rings. The second kappa shape index (κ2) is 5.00. The average Bonchev–Trinajstić information content (AvgIpc) is 2.66. The third kappa shape index (κ3) is 2.23. The van der Waals surface area contributed by atoms with Gasteiger partial charge in [-0.3, -0.25) is 4.79 Å². The number of anilines is 1. The van der Waals surface area contributed by atoms with E-state index in [9.17, 15) is 9.18 Å². The average molecular weight is 335 g/mol. The first-order valence-corrected chi connectivity index (χ1v) is 6.96. The number of amides is 1. The molecule has 0 aromatic heterocycles. The fraction of sp³-hybridized carbons (Fsp3) is 0.133. The number of hydrogen-bond acceptors (Lipinski definition) is 2. The summed E-state index contributed by atoms with van der Waals surface area (Å²) in [6.45, 7) is 0.385. The van der Waals surface area contributed by atoms with E-state index in [0.717, 1.165) is 10.0 Å². The van der Waals surface area contributed by atoms with Crippen LogP contribution in [0, 0.1) is 5.82 Å². The molecule has 102 valence electrons. The molecule has 0 saturated heterocycles. The quantitative estimate of drug-likeness (QED) is 0.917. The number of fused-ring (bicyclic) bond motifs is 1.